The van der Waals surface area contributed by atoms with E-state index in [1.807, 2.05) is 32.0 Å². The summed E-state index contributed by atoms with van der Waals surface area (Å²) in [6.45, 7) is 3.91. The normalized spacial score (nSPS) is 12.1. The Hall–Kier alpha value is -2.70. The second-order valence-electron chi connectivity index (χ2n) is 5.83. The molecule has 0 saturated heterocycles. The highest BCUT2D eigenvalue weighted by atomic mass is 16.5. The number of benzene rings is 1. The lowest BCUT2D eigenvalue weighted by Crippen LogP contribution is -2.30. The molecule has 1 aromatic heterocycles. The predicted octanol–water partition coefficient (Wildman–Crippen LogP) is 2.46. The minimum Gasteiger partial charge on any atom is -0.481 e. The third-order valence-corrected chi connectivity index (χ3v) is 3.48. The number of rotatable bonds is 8. The van der Waals surface area contributed by atoms with E-state index in [0.29, 0.717) is 18.1 Å². The highest BCUT2D eigenvalue weighted by Crippen LogP contribution is 2.17. The molecule has 0 spiro atoms. The minimum absolute atomic E-state index is 0.155. The third kappa shape index (κ3) is 5.19. The Morgan fingerprint density at radius 1 is 1.25 bits per heavy atom. The number of carbonyl (C=O) groups is 2. The van der Waals surface area contributed by atoms with Crippen LogP contribution in [0.15, 0.2) is 34.9 Å². The Bertz CT molecular complexity index is 682. The van der Waals surface area contributed by atoms with Gasteiger partial charge in [0, 0.05) is 18.8 Å². The summed E-state index contributed by atoms with van der Waals surface area (Å²) in [5, 5.41) is 15.6. The van der Waals surface area contributed by atoms with Crippen molar-refractivity contribution in [3.63, 3.8) is 0 Å². The van der Waals surface area contributed by atoms with Gasteiger partial charge < -0.3 is 14.9 Å². The molecule has 1 heterocycles. The van der Waals surface area contributed by atoms with Crippen LogP contribution in [0.1, 0.15) is 55.9 Å². The predicted molar refractivity (Wildman–Crippen MR) is 86.3 cm³/mol. The molecule has 1 unspecified atom stereocenters. The van der Waals surface area contributed by atoms with Crippen molar-refractivity contribution < 1.29 is 19.2 Å². The molecule has 0 radical (unpaired) electrons. The quantitative estimate of drug-likeness (QED) is 0.770. The molecule has 1 atom stereocenters. The molecule has 0 saturated carbocycles. The van der Waals surface area contributed by atoms with Gasteiger partial charge in [-0.05, 0) is 5.56 Å². The molecule has 0 aliphatic carbocycles. The summed E-state index contributed by atoms with van der Waals surface area (Å²) in [6.07, 6.45) is 0.302. The number of carboxylic acids is 1. The number of aliphatic carboxylic acids is 1. The van der Waals surface area contributed by atoms with E-state index in [2.05, 4.69) is 15.5 Å². The van der Waals surface area contributed by atoms with Gasteiger partial charge in [-0.1, -0.05) is 49.3 Å². The van der Waals surface area contributed by atoms with Gasteiger partial charge in [0.05, 0.1) is 12.5 Å². The number of carboxylic acid groups (broad SMARTS) is 1. The lowest BCUT2D eigenvalue weighted by atomic mass is 10.0. The van der Waals surface area contributed by atoms with E-state index in [1.54, 1.807) is 12.1 Å². The molecule has 1 amide bonds. The molecular weight excluding hydrogens is 310 g/mol. The Balaban J connectivity index is 1.93. The highest BCUT2D eigenvalue weighted by Gasteiger charge is 2.18. The van der Waals surface area contributed by atoms with E-state index in [-0.39, 0.29) is 24.7 Å². The molecule has 2 N–H and O–H groups in total. The average molecular weight is 331 g/mol. The number of nitrogens with zero attached hydrogens (tertiary/aromatic N) is 2. The Kier molecular flexibility index (Phi) is 6.06. The third-order valence-electron chi connectivity index (χ3n) is 3.48. The van der Waals surface area contributed by atoms with Gasteiger partial charge in [0.15, 0.2) is 5.82 Å². The summed E-state index contributed by atoms with van der Waals surface area (Å²) in [5.41, 5.74) is 0.758. The first-order valence-corrected chi connectivity index (χ1v) is 7.84. The van der Waals surface area contributed by atoms with Gasteiger partial charge in [0.1, 0.15) is 0 Å². The first-order chi connectivity index (χ1) is 11.5. The van der Waals surface area contributed by atoms with E-state index >= 15 is 0 Å². The van der Waals surface area contributed by atoms with Gasteiger partial charge in [0.25, 0.3) is 0 Å². The van der Waals surface area contributed by atoms with Crippen molar-refractivity contribution in [2.45, 2.75) is 45.1 Å². The standard InChI is InChI=1S/C17H21N3O4/c1-11(2)17-19-15(24-20-17)9-8-14(21)18-13(10-16(22)23)12-6-4-3-5-7-12/h3-7,11,13H,8-10H2,1-2H3,(H,18,21)(H,22,23). The SMILES string of the molecule is CC(C)c1noc(CCC(=O)NC(CC(=O)O)c2ccccc2)n1. The summed E-state index contributed by atoms with van der Waals surface area (Å²) >= 11 is 0. The van der Waals surface area contributed by atoms with E-state index < -0.39 is 12.0 Å². The number of carbonyl (C=O) groups excluding carboxylic acids is 1. The fourth-order valence-electron chi connectivity index (χ4n) is 2.20. The maximum Gasteiger partial charge on any atom is 0.305 e. The number of nitrogens with one attached hydrogen (secondary N) is 1. The van der Waals surface area contributed by atoms with Gasteiger partial charge >= 0.3 is 5.97 Å². The number of hydrogen-bond donors (Lipinski definition) is 2. The van der Waals surface area contributed by atoms with Crippen LogP contribution < -0.4 is 5.32 Å². The van der Waals surface area contributed by atoms with Gasteiger partial charge in [-0.15, -0.1) is 0 Å². The van der Waals surface area contributed by atoms with Gasteiger partial charge in [0.2, 0.25) is 11.8 Å². The molecule has 0 fully saturated rings. The van der Waals surface area contributed by atoms with E-state index in [0.717, 1.165) is 5.56 Å². The van der Waals surface area contributed by atoms with Crippen LogP contribution in [0.4, 0.5) is 0 Å². The lowest BCUT2D eigenvalue weighted by Gasteiger charge is -2.17. The smallest absolute Gasteiger partial charge is 0.305 e. The molecule has 24 heavy (non-hydrogen) atoms. The van der Waals surface area contributed by atoms with Crippen molar-refractivity contribution in [3.05, 3.63) is 47.6 Å². The van der Waals surface area contributed by atoms with Crippen LogP contribution in [0.25, 0.3) is 0 Å². The summed E-state index contributed by atoms with van der Waals surface area (Å²) in [6, 6.07) is 8.47. The van der Waals surface area contributed by atoms with E-state index in [1.165, 1.54) is 0 Å². The van der Waals surface area contributed by atoms with Crippen LogP contribution in [0.3, 0.4) is 0 Å². The van der Waals surface area contributed by atoms with Crippen molar-refractivity contribution in [2.75, 3.05) is 0 Å². The Labute approximate surface area is 140 Å². The van der Waals surface area contributed by atoms with Crippen LogP contribution >= 0.6 is 0 Å². The topological polar surface area (TPSA) is 105 Å². The molecule has 0 aliphatic rings. The summed E-state index contributed by atoms with van der Waals surface area (Å²) in [4.78, 5) is 27.4. The minimum atomic E-state index is -0.970. The molecule has 0 aliphatic heterocycles. The summed E-state index contributed by atoms with van der Waals surface area (Å²) in [7, 11) is 0. The van der Waals surface area contributed by atoms with Gasteiger partial charge in [-0.3, -0.25) is 9.59 Å². The maximum absolute atomic E-state index is 12.1. The van der Waals surface area contributed by atoms with Crippen LogP contribution in [-0.4, -0.2) is 27.1 Å². The average Bonchev–Trinajstić information content (AvgIpc) is 3.02. The van der Waals surface area contributed by atoms with Crippen molar-refractivity contribution in [3.8, 4) is 0 Å². The zero-order valence-corrected chi connectivity index (χ0v) is 13.7. The fraction of sp³-hybridized carbons (Fsp3) is 0.412. The lowest BCUT2D eigenvalue weighted by molar-refractivity contribution is -0.137. The summed E-state index contributed by atoms with van der Waals surface area (Å²) < 4.78 is 5.10. The summed E-state index contributed by atoms with van der Waals surface area (Å²) in [5.74, 6) is -0.0480. The molecule has 7 heteroatoms. The number of amides is 1. The van der Waals surface area contributed by atoms with Crippen LogP contribution in [0.5, 0.6) is 0 Å². The second-order valence-corrected chi connectivity index (χ2v) is 5.83. The molecule has 0 bridgehead atoms. The molecule has 128 valence electrons. The molecule has 2 aromatic rings. The molecular formula is C17H21N3O4. The fourth-order valence-corrected chi connectivity index (χ4v) is 2.20. The highest BCUT2D eigenvalue weighted by molar-refractivity contribution is 5.77. The zero-order valence-electron chi connectivity index (χ0n) is 13.7. The van der Waals surface area contributed by atoms with Crippen LogP contribution in [-0.2, 0) is 16.0 Å². The van der Waals surface area contributed by atoms with Crippen molar-refractivity contribution in [1.82, 2.24) is 15.5 Å². The van der Waals surface area contributed by atoms with Crippen molar-refractivity contribution >= 4 is 11.9 Å². The molecule has 1 aromatic carbocycles. The van der Waals surface area contributed by atoms with Crippen LogP contribution in [0.2, 0.25) is 0 Å². The monoisotopic (exact) mass is 331 g/mol. The van der Waals surface area contributed by atoms with E-state index in [4.69, 9.17) is 9.63 Å². The maximum atomic E-state index is 12.1. The molecule has 7 nitrogen and oxygen atoms in total. The first kappa shape index (κ1) is 17.7. The number of aryl methyl sites for hydroxylation is 1. The van der Waals surface area contributed by atoms with Crippen LogP contribution in [0, 0.1) is 0 Å². The van der Waals surface area contributed by atoms with Gasteiger partial charge in [-0.2, -0.15) is 4.98 Å². The number of hydrogen-bond acceptors (Lipinski definition) is 5. The largest absolute Gasteiger partial charge is 0.481 e. The zero-order chi connectivity index (χ0) is 17.5. The Morgan fingerprint density at radius 2 is 1.96 bits per heavy atom. The Morgan fingerprint density at radius 3 is 2.54 bits per heavy atom. The van der Waals surface area contributed by atoms with E-state index in [9.17, 15) is 9.59 Å². The van der Waals surface area contributed by atoms with Gasteiger partial charge in [-0.25, -0.2) is 0 Å². The number of aromatic nitrogens is 2. The van der Waals surface area contributed by atoms with Crippen molar-refractivity contribution in [2.24, 2.45) is 0 Å². The molecule has 2 rings (SSSR count). The van der Waals surface area contributed by atoms with Crippen molar-refractivity contribution in [1.29, 1.82) is 0 Å². The first-order valence-electron chi connectivity index (χ1n) is 7.84. The second kappa shape index (κ2) is 8.24.